The molecule has 1 rings (SSSR count). The number of hydrogen-bond donors (Lipinski definition) is 2. The van der Waals surface area contributed by atoms with Crippen molar-refractivity contribution in [2.75, 3.05) is 0 Å². The van der Waals surface area contributed by atoms with Gasteiger partial charge >= 0.3 is 0 Å². The van der Waals surface area contributed by atoms with E-state index in [1.54, 1.807) is 32.0 Å². The van der Waals surface area contributed by atoms with E-state index >= 15 is 0 Å². The average Bonchev–Trinajstić information content (AvgIpc) is 2.26. The Kier molecular flexibility index (Phi) is 4.78. The molecule has 0 radical (unpaired) electrons. The molecule has 5 heteroatoms. The van der Waals surface area contributed by atoms with Crippen LogP contribution in [-0.4, -0.2) is 17.1 Å². The summed E-state index contributed by atoms with van der Waals surface area (Å²) in [7, 11) is 0. The van der Waals surface area contributed by atoms with Crippen LogP contribution in [0.3, 0.4) is 0 Å². The first-order valence-electron chi connectivity index (χ1n) is 5.39. The fourth-order valence-electron chi connectivity index (χ4n) is 1.37. The Morgan fingerprint density at radius 2 is 2.24 bits per heavy atom. The maximum atomic E-state index is 11.0. The van der Waals surface area contributed by atoms with Gasteiger partial charge < -0.3 is 15.6 Å². The van der Waals surface area contributed by atoms with Gasteiger partial charge in [0.1, 0.15) is 5.75 Å². The van der Waals surface area contributed by atoms with Gasteiger partial charge in [0, 0.05) is 0 Å². The van der Waals surface area contributed by atoms with Crippen LogP contribution in [0, 0.1) is 0 Å². The van der Waals surface area contributed by atoms with Gasteiger partial charge in [-0.25, -0.2) is 0 Å². The molecule has 4 nitrogen and oxygen atoms in total. The number of benzene rings is 1. The van der Waals surface area contributed by atoms with Gasteiger partial charge in [-0.05, 0) is 31.0 Å². The fraction of sp³-hybridized carbons (Fsp3) is 0.417. The summed E-state index contributed by atoms with van der Waals surface area (Å²) in [6.45, 7) is 3.44. The number of carbonyl (C=O) groups excluding carboxylic acids is 1. The Bertz CT molecular complexity index is 407. The molecule has 0 spiro atoms. The summed E-state index contributed by atoms with van der Waals surface area (Å²) in [4.78, 5) is 11.0. The molecule has 94 valence electrons. The van der Waals surface area contributed by atoms with Crippen LogP contribution in [0.1, 0.15) is 31.9 Å². The summed E-state index contributed by atoms with van der Waals surface area (Å²) in [5.74, 6) is -0.134. The molecule has 2 atom stereocenters. The van der Waals surface area contributed by atoms with Crippen molar-refractivity contribution in [3.05, 3.63) is 28.8 Å². The molecule has 0 fully saturated rings. The number of aliphatic hydroxyl groups excluding tert-OH is 1. The van der Waals surface area contributed by atoms with Crippen LogP contribution in [0.2, 0.25) is 5.02 Å². The van der Waals surface area contributed by atoms with E-state index in [0.717, 1.165) is 0 Å². The van der Waals surface area contributed by atoms with Gasteiger partial charge in [-0.15, -0.1) is 0 Å². The highest BCUT2D eigenvalue weighted by Gasteiger charge is 2.16. The van der Waals surface area contributed by atoms with E-state index in [1.165, 1.54) is 0 Å². The summed E-state index contributed by atoms with van der Waals surface area (Å²) in [5, 5.41) is 9.73. The van der Waals surface area contributed by atoms with Gasteiger partial charge in [0.25, 0.3) is 5.91 Å². The van der Waals surface area contributed by atoms with E-state index < -0.39 is 18.1 Å². The van der Waals surface area contributed by atoms with Gasteiger partial charge in [-0.1, -0.05) is 24.6 Å². The lowest BCUT2D eigenvalue weighted by atomic mass is 10.1. The van der Waals surface area contributed by atoms with Crippen LogP contribution in [-0.2, 0) is 4.79 Å². The maximum absolute atomic E-state index is 11.0. The van der Waals surface area contributed by atoms with Crippen LogP contribution in [0.4, 0.5) is 0 Å². The molecular weight excluding hydrogens is 242 g/mol. The highest BCUT2D eigenvalue weighted by atomic mass is 35.5. The quantitative estimate of drug-likeness (QED) is 0.848. The SMILES string of the molecule is CCC(Oc1ccc([C@H](C)O)cc1Cl)C(N)=O. The first kappa shape index (κ1) is 13.8. The monoisotopic (exact) mass is 257 g/mol. The molecule has 1 aromatic carbocycles. The molecule has 0 saturated carbocycles. The summed E-state index contributed by atoms with van der Waals surface area (Å²) in [6, 6.07) is 4.92. The van der Waals surface area contributed by atoms with Crippen LogP contribution >= 0.6 is 11.6 Å². The van der Waals surface area contributed by atoms with E-state index in [2.05, 4.69) is 0 Å². The Morgan fingerprint density at radius 1 is 1.59 bits per heavy atom. The topological polar surface area (TPSA) is 72.6 Å². The third-order valence-corrected chi connectivity index (χ3v) is 2.69. The minimum Gasteiger partial charge on any atom is -0.479 e. The lowest BCUT2D eigenvalue weighted by molar-refractivity contribution is -0.124. The lowest BCUT2D eigenvalue weighted by Gasteiger charge is -2.16. The molecule has 0 aliphatic carbocycles. The van der Waals surface area contributed by atoms with E-state index in [9.17, 15) is 9.90 Å². The van der Waals surface area contributed by atoms with Crippen LogP contribution in [0.25, 0.3) is 0 Å². The molecule has 3 N–H and O–H groups in total. The van der Waals surface area contributed by atoms with Crippen molar-refractivity contribution in [1.82, 2.24) is 0 Å². The summed E-state index contributed by atoms with van der Waals surface area (Å²) in [5.41, 5.74) is 5.87. The molecule has 1 aromatic rings. The van der Waals surface area contributed by atoms with Crippen molar-refractivity contribution in [2.24, 2.45) is 5.73 Å². The van der Waals surface area contributed by atoms with Gasteiger partial charge in [0.2, 0.25) is 0 Å². The molecule has 1 amide bonds. The third-order valence-electron chi connectivity index (χ3n) is 2.40. The van der Waals surface area contributed by atoms with Crippen LogP contribution in [0.5, 0.6) is 5.75 Å². The molecule has 0 aliphatic rings. The smallest absolute Gasteiger partial charge is 0.258 e. The lowest BCUT2D eigenvalue weighted by Crippen LogP contribution is -2.33. The number of halogens is 1. The Balaban J connectivity index is 2.89. The third kappa shape index (κ3) is 3.61. The number of ether oxygens (including phenoxy) is 1. The van der Waals surface area contributed by atoms with Gasteiger partial charge in [0.15, 0.2) is 6.10 Å². The van der Waals surface area contributed by atoms with E-state index in [1.807, 2.05) is 0 Å². The Morgan fingerprint density at radius 3 is 2.65 bits per heavy atom. The largest absolute Gasteiger partial charge is 0.479 e. The molecule has 0 saturated heterocycles. The zero-order valence-corrected chi connectivity index (χ0v) is 10.6. The number of carbonyl (C=O) groups is 1. The molecule has 0 bridgehead atoms. The van der Waals surface area contributed by atoms with Gasteiger partial charge in [-0.3, -0.25) is 4.79 Å². The van der Waals surface area contributed by atoms with Crippen molar-refractivity contribution < 1.29 is 14.6 Å². The van der Waals surface area contributed by atoms with Crippen molar-refractivity contribution in [3.8, 4) is 5.75 Å². The molecule has 0 aromatic heterocycles. The standard InChI is InChI=1S/C12H16ClNO3/c1-3-10(12(14)16)17-11-5-4-8(7(2)15)6-9(11)13/h4-7,10,15H,3H2,1-2H3,(H2,14,16)/t7-,10?/m0/s1. The molecular formula is C12H16ClNO3. The average molecular weight is 258 g/mol. The van der Waals surface area contributed by atoms with E-state index in [0.29, 0.717) is 22.8 Å². The van der Waals surface area contributed by atoms with Gasteiger partial charge in [-0.2, -0.15) is 0 Å². The highest BCUT2D eigenvalue weighted by Crippen LogP contribution is 2.28. The summed E-state index contributed by atoms with van der Waals surface area (Å²) in [6.07, 6.45) is -0.811. The first-order valence-corrected chi connectivity index (χ1v) is 5.77. The highest BCUT2D eigenvalue weighted by molar-refractivity contribution is 6.32. The Labute approximate surface area is 105 Å². The van der Waals surface area contributed by atoms with Crippen LogP contribution in [0.15, 0.2) is 18.2 Å². The predicted octanol–water partition coefficient (Wildman–Crippen LogP) is 2.04. The molecule has 17 heavy (non-hydrogen) atoms. The summed E-state index contributed by atoms with van der Waals surface area (Å²) >= 11 is 5.99. The van der Waals surface area contributed by atoms with Gasteiger partial charge in [0.05, 0.1) is 11.1 Å². The number of hydrogen-bond acceptors (Lipinski definition) is 3. The molecule has 1 unspecified atom stereocenters. The van der Waals surface area contributed by atoms with E-state index in [-0.39, 0.29) is 0 Å². The molecule has 0 aliphatic heterocycles. The van der Waals surface area contributed by atoms with Crippen molar-refractivity contribution in [2.45, 2.75) is 32.5 Å². The number of primary amides is 1. The van der Waals surface area contributed by atoms with Crippen molar-refractivity contribution in [1.29, 1.82) is 0 Å². The minimum absolute atomic E-state index is 0.350. The van der Waals surface area contributed by atoms with Crippen molar-refractivity contribution >= 4 is 17.5 Å². The predicted molar refractivity (Wildman–Crippen MR) is 66.0 cm³/mol. The second-order valence-electron chi connectivity index (χ2n) is 3.78. The number of amides is 1. The second-order valence-corrected chi connectivity index (χ2v) is 4.19. The van der Waals surface area contributed by atoms with Crippen molar-refractivity contribution in [3.63, 3.8) is 0 Å². The summed E-state index contributed by atoms with van der Waals surface area (Å²) < 4.78 is 5.40. The Hall–Kier alpha value is -1.26. The number of aliphatic hydroxyl groups is 1. The zero-order valence-electron chi connectivity index (χ0n) is 9.81. The number of nitrogens with two attached hydrogens (primary N) is 1. The zero-order chi connectivity index (χ0) is 13.0. The fourth-order valence-corrected chi connectivity index (χ4v) is 1.60. The molecule has 0 heterocycles. The van der Waals surface area contributed by atoms with E-state index in [4.69, 9.17) is 22.1 Å². The minimum atomic E-state index is -0.690. The maximum Gasteiger partial charge on any atom is 0.258 e. The normalized spacial score (nSPS) is 14.1. The van der Waals surface area contributed by atoms with Crippen LogP contribution < -0.4 is 10.5 Å². The first-order chi connectivity index (χ1) is 7.95. The second kappa shape index (κ2) is 5.89. The number of rotatable bonds is 5.